The second-order valence-electron chi connectivity index (χ2n) is 6.25. The summed E-state index contributed by atoms with van der Waals surface area (Å²) >= 11 is 1.15. The van der Waals surface area contributed by atoms with Gasteiger partial charge in [-0.2, -0.15) is 0 Å². The van der Waals surface area contributed by atoms with Crippen molar-refractivity contribution in [2.24, 2.45) is 0 Å². The number of hydrogen-bond acceptors (Lipinski definition) is 8. The molecule has 31 heavy (non-hydrogen) atoms. The minimum absolute atomic E-state index is 0.0949. The molecule has 0 aliphatic heterocycles. The number of benzene rings is 2. The second kappa shape index (κ2) is 9.96. The van der Waals surface area contributed by atoms with Crippen molar-refractivity contribution in [3.05, 3.63) is 63.3 Å². The standard InChI is InChI=1S/C20H19FN4O5S/c1-29-8-7-22-16-5-4-13(25(27)28)10-14(16)19(26)24-20-23-17(11-31-20)12-3-6-18(30-2)15(21)9-12/h3-6,9-11,22H,7-8H2,1-2H3,(H,23,24,26). The molecule has 0 fully saturated rings. The zero-order valence-electron chi connectivity index (χ0n) is 16.7. The normalized spacial score (nSPS) is 10.5. The molecular weight excluding hydrogens is 427 g/mol. The van der Waals surface area contributed by atoms with E-state index in [-0.39, 0.29) is 22.1 Å². The summed E-state index contributed by atoms with van der Waals surface area (Å²) in [6.45, 7) is 0.811. The molecule has 0 aliphatic carbocycles. The van der Waals surface area contributed by atoms with E-state index < -0.39 is 16.6 Å². The van der Waals surface area contributed by atoms with E-state index in [9.17, 15) is 19.3 Å². The Kier molecular flexibility index (Phi) is 7.11. The van der Waals surface area contributed by atoms with Crippen molar-refractivity contribution in [2.45, 2.75) is 0 Å². The van der Waals surface area contributed by atoms with Gasteiger partial charge in [-0.25, -0.2) is 9.37 Å². The number of halogens is 1. The predicted molar refractivity (Wildman–Crippen MR) is 115 cm³/mol. The summed E-state index contributed by atoms with van der Waals surface area (Å²) in [7, 11) is 2.92. The summed E-state index contributed by atoms with van der Waals surface area (Å²) in [5.41, 5.74) is 1.30. The van der Waals surface area contributed by atoms with E-state index in [1.807, 2.05) is 0 Å². The van der Waals surface area contributed by atoms with Crippen LogP contribution in [-0.4, -0.2) is 43.2 Å². The number of ether oxygens (including phenoxy) is 2. The van der Waals surface area contributed by atoms with Crippen LogP contribution in [0.5, 0.6) is 5.75 Å². The highest BCUT2D eigenvalue weighted by atomic mass is 32.1. The number of anilines is 2. The number of thiazole rings is 1. The molecule has 9 nitrogen and oxygen atoms in total. The van der Waals surface area contributed by atoms with Crippen molar-refractivity contribution >= 4 is 33.8 Å². The number of nitrogens with zero attached hydrogens (tertiary/aromatic N) is 2. The molecule has 3 aromatic rings. The van der Waals surface area contributed by atoms with E-state index >= 15 is 0 Å². The second-order valence-corrected chi connectivity index (χ2v) is 7.11. The van der Waals surface area contributed by atoms with Gasteiger partial charge < -0.3 is 14.8 Å². The van der Waals surface area contributed by atoms with Crippen molar-refractivity contribution in [1.82, 2.24) is 4.98 Å². The van der Waals surface area contributed by atoms with E-state index in [0.29, 0.717) is 30.1 Å². The molecule has 0 spiro atoms. The summed E-state index contributed by atoms with van der Waals surface area (Å²) in [6, 6.07) is 8.40. The van der Waals surface area contributed by atoms with E-state index in [1.54, 1.807) is 18.6 Å². The van der Waals surface area contributed by atoms with Crippen LogP contribution < -0.4 is 15.4 Å². The largest absolute Gasteiger partial charge is 0.494 e. The lowest BCUT2D eigenvalue weighted by Crippen LogP contribution is -2.16. The smallest absolute Gasteiger partial charge is 0.270 e. The van der Waals surface area contributed by atoms with E-state index in [0.717, 1.165) is 11.3 Å². The topological polar surface area (TPSA) is 116 Å². The first kappa shape index (κ1) is 22.1. The van der Waals surface area contributed by atoms with Crippen molar-refractivity contribution in [1.29, 1.82) is 0 Å². The molecule has 1 amide bonds. The number of non-ortho nitro benzene ring substituents is 1. The van der Waals surface area contributed by atoms with Crippen LogP contribution in [0.15, 0.2) is 41.8 Å². The minimum atomic E-state index is -0.574. The molecule has 1 heterocycles. The highest BCUT2D eigenvalue weighted by Gasteiger charge is 2.18. The number of hydrogen-bond donors (Lipinski definition) is 2. The average molecular weight is 446 g/mol. The molecule has 2 aromatic carbocycles. The van der Waals surface area contributed by atoms with Gasteiger partial charge in [-0.05, 0) is 24.3 Å². The molecule has 0 radical (unpaired) electrons. The first-order valence-corrected chi connectivity index (χ1v) is 9.93. The Hall–Kier alpha value is -3.57. The van der Waals surface area contributed by atoms with Gasteiger partial charge in [-0.1, -0.05) is 0 Å². The Labute approximate surface area is 181 Å². The van der Waals surface area contributed by atoms with Crippen molar-refractivity contribution in [2.75, 3.05) is 38.0 Å². The Morgan fingerprint density at radius 1 is 1.26 bits per heavy atom. The van der Waals surface area contributed by atoms with Gasteiger partial charge in [0.2, 0.25) is 0 Å². The SMILES string of the molecule is COCCNc1ccc([N+](=O)[O-])cc1C(=O)Nc1nc(-c2ccc(OC)c(F)c2)cs1. The number of carbonyl (C=O) groups is 1. The van der Waals surface area contributed by atoms with Crippen molar-refractivity contribution in [3.8, 4) is 17.0 Å². The summed E-state index contributed by atoms with van der Waals surface area (Å²) < 4.78 is 23.8. The number of rotatable bonds is 9. The summed E-state index contributed by atoms with van der Waals surface area (Å²) in [5, 5.41) is 18.7. The fourth-order valence-electron chi connectivity index (χ4n) is 2.73. The first-order chi connectivity index (χ1) is 14.9. The number of aromatic nitrogens is 1. The summed E-state index contributed by atoms with van der Waals surface area (Å²) in [5.74, 6) is -0.973. The van der Waals surface area contributed by atoms with E-state index in [4.69, 9.17) is 9.47 Å². The maximum absolute atomic E-state index is 14.0. The van der Waals surface area contributed by atoms with Gasteiger partial charge in [0.15, 0.2) is 16.7 Å². The molecule has 0 unspecified atom stereocenters. The van der Waals surface area contributed by atoms with Crippen molar-refractivity contribution < 1.29 is 23.6 Å². The molecule has 11 heteroatoms. The number of amides is 1. The number of nitro benzene ring substituents is 1. The minimum Gasteiger partial charge on any atom is -0.494 e. The van der Waals surface area contributed by atoms with Crippen LogP contribution >= 0.6 is 11.3 Å². The summed E-state index contributed by atoms with van der Waals surface area (Å²) in [6.07, 6.45) is 0. The third-order valence-corrected chi connectivity index (χ3v) is 5.01. The van der Waals surface area contributed by atoms with Gasteiger partial charge in [0.25, 0.3) is 11.6 Å². The van der Waals surface area contributed by atoms with Gasteiger partial charge >= 0.3 is 0 Å². The van der Waals surface area contributed by atoms with Crippen LogP contribution in [0.3, 0.4) is 0 Å². The van der Waals surface area contributed by atoms with Crippen LogP contribution in [0.2, 0.25) is 0 Å². The van der Waals surface area contributed by atoms with Crippen LogP contribution in [0.1, 0.15) is 10.4 Å². The average Bonchev–Trinajstić information content (AvgIpc) is 3.22. The van der Waals surface area contributed by atoms with E-state index in [2.05, 4.69) is 15.6 Å². The quantitative estimate of drug-likeness (QED) is 0.288. The van der Waals surface area contributed by atoms with Gasteiger partial charge in [0, 0.05) is 42.4 Å². The highest BCUT2D eigenvalue weighted by Crippen LogP contribution is 2.29. The van der Waals surface area contributed by atoms with Gasteiger partial charge in [0.1, 0.15) is 0 Å². The molecular formula is C20H19FN4O5S. The molecule has 1 aromatic heterocycles. The molecule has 0 saturated heterocycles. The number of nitro groups is 1. The molecule has 0 atom stereocenters. The van der Waals surface area contributed by atoms with Crippen LogP contribution in [0.25, 0.3) is 11.3 Å². The van der Waals surface area contributed by atoms with Crippen molar-refractivity contribution in [3.63, 3.8) is 0 Å². The molecule has 3 rings (SSSR count). The van der Waals surface area contributed by atoms with Crippen LogP contribution in [-0.2, 0) is 4.74 Å². The Balaban J connectivity index is 1.82. The Morgan fingerprint density at radius 2 is 2.06 bits per heavy atom. The molecule has 2 N–H and O–H groups in total. The predicted octanol–water partition coefficient (Wildman–Crippen LogP) is 4.18. The zero-order chi connectivity index (χ0) is 22.4. The Bertz CT molecular complexity index is 1100. The van der Waals surface area contributed by atoms with Gasteiger partial charge in [0.05, 0.1) is 29.9 Å². The lowest BCUT2D eigenvalue weighted by atomic mass is 10.1. The lowest BCUT2D eigenvalue weighted by molar-refractivity contribution is -0.384. The fraction of sp³-hybridized carbons (Fsp3) is 0.200. The number of nitrogens with one attached hydrogen (secondary N) is 2. The third-order valence-electron chi connectivity index (χ3n) is 4.25. The van der Waals surface area contributed by atoms with Gasteiger partial charge in [-0.15, -0.1) is 11.3 Å². The Morgan fingerprint density at radius 3 is 2.74 bits per heavy atom. The summed E-state index contributed by atoms with van der Waals surface area (Å²) in [4.78, 5) is 27.7. The molecule has 162 valence electrons. The number of carbonyl (C=O) groups excluding carboxylic acids is 1. The highest BCUT2D eigenvalue weighted by molar-refractivity contribution is 7.14. The lowest BCUT2D eigenvalue weighted by Gasteiger charge is -2.11. The zero-order valence-corrected chi connectivity index (χ0v) is 17.5. The fourth-order valence-corrected chi connectivity index (χ4v) is 3.44. The van der Waals surface area contributed by atoms with E-state index in [1.165, 1.54) is 37.4 Å². The third kappa shape index (κ3) is 5.32. The maximum Gasteiger partial charge on any atom is 0.270 e. The maximum atomic E-state index is 14.0. The molecule has 0 bridgehead atoms. The van der Waals surface area contributed by atoms with Gasteiger partial charge in [-0.3, -0.25) is 20.2 Å². The van der Waals surface area contributed by atoms with Crippen LogP contribution in [0, 0.1) is 15.9 Å². The number of methoxy groups -OCH3 is 2. The molecule has 0 saturated carbocycles. The first-order valence-electron chi connectivity index (χ1n) is 9.05. The monoisotopic (exact) mass is 446 g/mol. The van der Waals surface area contributed by atoms with Crippen LogP contribution in [0.4, 0.5) is 20.9 Å². The molecule has 0 aliphatic rings.